The molecule has 0 fully saturated rings. The van der Waals surface area contributed by atoms with E-state index in [1.165, 1.54) is 0 Å². The van der Waals surface area contributed by atoms with Crippen molar-refractivity contribution < 1.29 is 0 Å². The van der Waals surface area contributed by atoms with Crippen LogP contribution in [0, 0.1) is 6.92 Å². The molecule has 0 unspecified atom stereocenters. The van der Waals surface area contributed by atoms with Crippen LogP contribution >= 0.6 is 38.9 Å². The Morgan fingerprint density at radius 3 is 2.79 bits per heavy atom. The van der Waals surface area contributed by atoms with E-state index in [-0.39, 0.29) is 0 Å². The van der Waals surface area contributed by atoms with Crippen LogP contribution in [0.5, 0.6) is 0 Å². The topological polar surface area (TPSA) is 12.9 Å². The summed E-state index contributed by atoms with van der Waals surface area (Å²) in [4.78, 5) is 4.39. The van der Waals surface area contributed by atoms with Gasteiger partial charge in [-0.25, -0.2) is 4.98 Å². The zero-order valence-electron chi connectivity index (χ0n) is 7.42. The Kier molecular flexibility index (Phi) is 2.91. The lowest BCUT2D eigenvalue weighted by molar-refractivity contribution is 1.27. The van der Waals surface area contributed by atoms with Gasteiger partial charge < -0.3 is 0 Å². The molecule has 0 saturated heterocycles. The van der Waals surface area contributed by atoms with Gasteiger partial charge in [-0.1, -0.05) is 27.5 Å². The molecule has 0 saturated carbocycles. The largest absolute Gasteiger partial charge is 0.241 e. The molecule has 14 heavy (non-hydrogen) atoms. The first kappa shape index (κ1) is 10.1. The molecule has 0 N–H and O–H groups in total. The summed E-state index contributed by atoms with van der Waals surface area (Å²) < 4.78 is 0.986. The Hall–Kier alpha value is -0.380. The van der Waals surface area contributed by atoms with Crippen LogP contribution in [0.15, 0.2) is 28.1 Å². The van der Waals surface area contributed by atoms with Crippen molar-refractivity contribution in [1.82, 2.24) is 4.98 Å². The van der Waals surface area contributed by atoms with Gasteiger partial charge in [0, 0.05) is 21.1 Å². The average Bonchev–Trinajstić information content (AvgIpc) is 2.51. The SMILES string of the molecule is Cc1csc(-c2ccc(Br)cc2Cl)n1. The fraction of sp³-hybridized carbons (Fsp3) is 0.100. The third-order valence-corrected chi connectivity index (χ3v) is 3.58. The number of aryl methyl sites for hydroxylation is 1. The zero-order valence-corrected chi connectivity index (χ0v) is 10.6. The van der Waals surface area contributed by atoms with Gasteiger partial charge >= 0.3 is 0 Å². The number of halogens is 2. The van der Waals surface area contributed by atoms with E-state index < -0.39 is 0 Å². The van der Waals surface area contributed by atoms with E-state index in [0.29, 0.717) is 0 Å². The van der Waals surface area contributed by atoms with E-state index in [0.717, 1.165) is 25.8 Å². The molecule has 2 rings (SSSR count). The quantitative estimate of drug-likeness (QED) is 0.751. The molecule has 0 aliphatic heterocycles. The van der Waals surface area contributed by atoms with E-state index in [9.17, 15) is 0 Å². The molecular weight excluding hydrogens is 282 g/mol. The first-order chi connectivity index (χ1) is 6.66. The van der Waals surface area contributed by atoms with E-state index in [1.807, 2.05) is 30.5 Å². The summed E-state index contributed by atoms with van der Waals surface area (Å²) in [6.45, 7) is 1.98. The summed E-state index contributed by atoms with van der Waals surface area (Å²) in [5.74, 6) is 0. The standard InChI is InChI=1S/C10H7BrClNS/c1-6-5-14-10(13-6)8-3-2-7(11)4-9(8)12/h2-5H,1H3. The van der Waals surface area contributed by atoms with Crippen molar-refractivity contribution in [2.24, 2.45) is 0 Å². The highest BCUT2D eigenvalue weighted by Crippen LogP contribution is 2.32. The maximum atomic E-state index is 6.11. The lowest BCUT2D eigenvalue weighted by Crippen LogP contribution is -1.79. The van der Waals surface area contributed by atoms with Crippen molar-refractivity contribution in [2.75, 3.05) is 0 Å². The molecule has 0 aliphatic carbocycles. The Labute approximate surface area is 99.9 Å². The number of benzene rings is 1. The van der Waals surface area contributed by atoms with E-state index in [2.05, 4.69) is 20.9 Å². The third kappa shape index (κ3) is 2.00. The van der Waals surface area contributed by atoms with Crippen LogP contribution in [-0.4, -0.2) is 4.98 Å². The summed E-state index contributed by atoms with van der Waals surface area (Å²) in [5.41, 5.74) is 2.02. The van der Waals surface area contributed by atoms with Gasteiger partial charge in [-0.3, -0.25) is 0 Å². The second-order valence-electron chi connectivity index (χ2n) is 2.92. The highest BCUT2D eigenvalue weighted by molar-refractivity contribution is 9.10. The van der Waals surface area contributed by atoms with E-state index >= 15 is 0 Å². The summed E-state index contributed by atoms with van der Waals surface area (Å²) in [6.07, 6.45) is 0. The van der Waals surface area contributed by atoms with Crippen molar-refractivity contribution in [2.45, 2.75) is 6.92 Å². The molecular formula is C10H7BrClNS. The number of nitrogens with zero attached hydrogens (tertiary/aromatic N) is 1. The Balaban J connectivity index is 2.52. The number of aromatic nitrogens is 1. The van der Waals surface area contributed by atoms with Crippen molar-refractivity contribution in [3.8, 4) is 10.6 Å². The molecule has 72 valence electrons. The van der Waals surface area contributed by atoms with Crippen molar-refractivity contribution >= 4 is 38.9 Å². The fourth-order valence-electron chi connectivity index (χ4n) is 1.14. The van der Waals surface area contributed by atoms with Crippen LogP contribution in [0.3, 0.4) is 0 Å². The van der Waals surface area contributed by atoms with Gasteiger partial charge in [0.1, 0.15) is 5.01 Å². The van der Waals surface area contributed by atoms with Crippen LogP contribution < -0.4 is 0 Å². The Bertz CT molecular complexity index is 467. The van der Waals surface area contributed by atoms with E-state index in [1.54, 1.807) is 11.3 Å². The van der Waals surface area contributed by atoms with Crippen LogP contribution in [0.4, 0.5) is 0 Å². The van der Waals surface area contributed by atoms with Crippen LogP contribution in [-0.2, 0) is 0 Å². The van der Waals surface area contributed by atoms with Crippen molar-refractivity contribution in [1.29, 1.82) is 0 Å². The highest BCUT2D eigenvalue weighted by Gasteiger charge is 2.06. The molecule has 2 aromatic rings. The van der Waals surface area contributed by atoms with Gasteiger partial charge in [0.2, 0.25) is 0 Å². The summed E-state index contributed by atoms with van der Waals surface area (Å²) in [6, 6.07) is 5.83. The zero-order chi connectivity index (χ0) is 10.1. The maximum absolute atomic E-state index is 6.11. The van der Waals surface area contributed by atoms with Crippen molar-refractivity contribution in [3.05, 3.63) is 38.8 Å². The average molecular weight is 289 g/mol. The molecule has 0 amide bonds. The molecule has 1 nitrogen and oxygen atoms in total. The van der Waals surface area contributed by atoms with Gasteiger partial charge in [-0.15, -0.1) is 11.3 Å². The lowest BCUT2D eigenvalue weighted by Gasteiger charge is -2.00. The smallest absolute Gasteiger partial charge is 0.125 e. The highest BCUT2D eigenvalue weighted by atomic mass is 79.9. The van der Waals surface area contributed by atoms with Crippen LogP contribution in [0.2, 0.25) is 5.02 Å². The molecule has 0 bridgehead atoms. The molecule has 0 aliphatic rings. The maximum Gasteiger partial charge on any atom is 0.125 e. The minimum atomic E-state index is 0.730. The van der Waals surface area contributed by atoms with Gasteiger partial charge in [-0.2, -0.15) is 0 Å². The number of thiazole rings is 1. The molecule has 1 heterocycles. The summed E-state index contributed by atoms with van der Waals surface area (Å²) in [7, 11) is 0. The molecule has 0 atom stereocenters. The second kappa shape index (κ2) is 4.01. The van der Waals surface area contributed by atoms with Gasteiger partial charge in [0.25, 0.3) is 0 Å². The minimum absolute atomic E-state index is 0.730. The molecule has 0 radical (unpaired) electrons. The normalized spacial score (nSPS) is 10.5. The molecule has 1 aromatic carbocycles. The number of hydrogen-bond donors (Lipinski definition) is 0. The lowest BCUT2D eigenvalue weighted by atomic mass is 10.2. The third-order valence-electron chi connectivity index (χ3n) is 1.78. The first-order valence-electron chi connectivity index (χ1n) is 4.04. The van der Waals surface area contributed by atoms with Gasteiger partial charge in [0.05, 0.1) is 5.02 Å². The van der Waals surface area contributed by atoms with E-state index in [4.69, 9.17) is 11.6 Å². The Morgan fingerprint density at radius 2 is 2.21 bits per heavy atom. The fourth-order valence-corrected chi connectivity index (χ4v) is 2.80. The first-order valence-corrected chi connectivity index (χ1v) is 6.09. The monoisotopic (exact) mass is 287 g/mol. The van der Waals surface area contributed by atoms with Gasteiger partial charge in [0.15, 0.2) is 0 Å². The number of rotatable bonds is 1. The summed E-state index contributed by atoms with van der Waals surface area (Å²) >= 11 is 11.1. The number of hydrogen-bond acceptors (Lipinski definition) is 2. The molecule has 1 aromatic heterocycles. The molecule has 4 heteroatoms. The predicted octanol–water partition coefficient (Wildman–Crippen LogP) is 4.53. The predicted molar refractivity (Wildman–Crippen MR) is 65.0 cm³/mol. The Morgan fingerprint density at radius 1 is 1.43 bits per heavy atom. The van der Waals surface area contributed by atoms with Gasteiger partial charge in [-0.05, 0) is 25.1 Å². The van der Waals surface area contributed by atoms with Crippen molar-refractivity contribution in [3.63, 3.8) is 0 Å². The van der Waals surface area contributed by atoms with Crippen LogP contribution in [0.25, 0.3) is 10.6 Å². The summed E-state index contributed by atoms with van der Waals surface area (Å²) in [5, 5.41) is 3.72. The second-order valence-corrected chi connectivity index (χ2v) is 5.10. The minimum Gasteiger partial charge on any atom is -0.241 e. The van der Waals surface area contributed by atoms with Crippen LogP contribution in [0.1, 0.15) is 5.69 Å². The molecule has 0 spiro atoms.